The summed E-state index contributed by atoms with van der Waals surface area (Å²) in [6, 6.07) is 0. The van der Waals surface area contributed by atoms with Crippen molar-refractivity contribution in [1.29, 1.82) is 0 Å². The topological polar surface area (TPSA) is 130 Å². The van der Waals surface area contributed by atoms with Crippen LogP contribution in [0, 0.1) is 32.5 Å². The van der Waals surface area contributed by atoms with Gasteiger partial charge in [-0.15, -0.1) is 0 Å². The molecule has 11 nitrogen and oxygen atoms in total. The molecule has 3 aliphatic carbocycles. The number of rotatable bonds is 0. The molecule has 11 heterocycles. The van der Waals surface area contributed by atoms with E-state index in [1.807, 2.05) is 0 Å². The Morgan fingerprint density at radius 2 is 0.398 bits per heavy atom. The van der Waals surface area contributed by atoms with Crippen LogP contribution in [0.2, 0.25) is 0 Å². The monoisotopic (exact) mass is 1320 g/mol. The van der Waals surface area contributed by atoms with Crippen molar-refractivity contribution in [1.82, 2.24) is 53.2 Å². The molecular weight excluding hydrogens is 1140 g/mol. The van der Waals surface area contributed by atoms with Crippen LogP contribution in [0.5, 0.6) is 0 Å². The second kappa shape index (κ2) is 58.2. The van der Waals surface area contributed by atoms with Gasteiger partial charge in [0, 0.05) is 45.9 Å². The van der Waals surface area contributed by atoms with Gasteiger partial charge in [-0.05, 0) is 285 Å². The van der Waals surface area contributed by atoms with Crippen molar-refractivity contribution >= 4 is 0 Å². The van der Waals surface area contributed by atoms with Crippen LogP contribution in [0.4, 0.5) is 0 Å². The third kappa shape index (κ3) is 40.6. The summed E-state index contributed by atoms with van der Waals surface area (Å²) in [5.74, 6) is 0. The van der Waals surface area contributed by atoms with Gasteiger partial charge in [0.05, 0.1) is 5.60 Å². The lowest BCUT2D eigenvalue weighted by Gasteiger charge is -2.45. The second-order valence-electron chi connectivity index (χ2n) is 32.0. The van der Waals surface area contributed by atoms with Crippen LogP contribution in [-0.4, -0.2) is 143 Å². The number of ether oxygens (including phenoxy) is 1. The molecule has 1 unspecified atom stereocenters. The normalized spacial score (nSPS) is 26.4. The SMILES string of the molecule is C1CC2(CCN1)CCNC2.C1CC2(CCN1)CNC2.C1CCC2(C1)CCNCC2.C1CCC2(CC1)CCCNC2.C1CCC2(CC1)CCNCC2.C1CCC2(CCNCC2)OC1.C1CNCC2(C1)CCNC2.CCC.CCC.CCC.CCC.CCC.CCC.CCC. The maximum absolute atomic E-state index is 5.87. The number of hydrogen-bond acceptors (Lipinski definition) is 11. The molecule has 7 spiro atoms. The van der Waals surface area contributed by atoms with Gasteiger partial charge in [-0.2, -0.15) is 0 Å². The molecule has 0 radical (unpaired) electrons. The molecule has 11 heteroatoms. The average Bonchev–Trinajstić information content (AvgIpc) is 2.12. The molecule has 0 aromatic heterocycles. The molecule has 14 aliphatic rings. The first kappa shape index (κ1) is 90.6. The van der Waals surface area contributed by atoms with Crippen LogP contribution >= 0.6 is 0 Å². The smallest absolute Gasteiger partial charge is 0.0706 e. The van der Waals surface area contributed by atoms with Gasteiger partial charge in [0.15, 0.2) is 0 Å². The van der Waals surface area contributed by atoms with Crippen LogP contribution in [0.15, 0.2) is 0 Å². The molecule has 0 aromatic carbocycles. The highest BCUT2D eigenvalue weighted by molar-refractivity contribution is 4.96. The summed E-state index contributed by atoms with van der Waals surface area (Å²) in [5, 5.41) is 34.3. The lowest BCUT2D eigenvalue weighted by Crippen LogP contribution is -2.57. The molecule has 0 amide bonds. The second-order valence-corrected chi connectivity index (χ2v) is 32.0. The number of hydrogen-bond donors (Lipinski definition) is 10. The Labute approximate surface area is 584 Å². The van der Waals surface area contributed by atoms with Crippen LogP contribution in [-0.2, 0) is 4.74 Å². The minimum atomic E-state index is 0.295. The van der Waals surface area contributed by atoms with E-state index in [4.69, 9.17) is 4.74 Å². The molecule has 558 valence electrons. The summed E-state index contributed by atoms with van der Waals surface area (Å²) in [7, 11) is 0. The van der Waals surface area contributed by atoms with Gasteiger partial charge in [-0.3, -0.25) is 0 Å². The molecule has 1 atom stereocenters. The van der Waals surface area contributed by atoms with Gasteiger partial charge >= 0.3 is 0 Å². The van der Waals surface area contributed by atoms with Crippen molar-refractivity contribution < 1.29 is 4.74 Å². The van der Waals surface area contributed by atoms with E-state index in [2.05, 4.69) is 150 Å². The quantitative estimate of drug-likeness (QED) is 0.114. The van der Waals surface area contributed by atoms with Crippen molar-refractivity contribution in [3.63, 3.8) is 0 Å². The zero-order chi connectivity index (χ0) is 68.4. The van der Waals surface area contributed by atoms with Gasteiger partial charge in [0.1, 0.15) is 0 Å². The van der Waals surface area contributed by atoms with E-state index < -0.39 is 0 Å². The van der Waals surface area contributed by atoms with E-state index in [0.717, 1.165) is 41.4 Å². The Balaban J connectivity index is 0.000000517. The first-order valence-electron chi connectivity index (χ1n) is 42.0. The Morgan fingerprint density at radius 1 is 0.183 bits per heavy atom. The summed E-state index contributed by atoms with van der Waals surface area (Å²) in [6.45, 7) is 55.7. The summed E-state index contributed by atoms with van der Waals surface area (Å²) >= 11 is 0. The lowest BCUT2D eigenvalue weighted by atomic mass is 9.68. The van der Waals surface area contributed by atoms with E-state index >= 15 is 0 Å². The average molecular weight is 1320 g/mol. The molecule has 14 rings (SSSR count). The minimum Gasteiger partial charge on any atom is -0.375 e. The lowest BCUT2D eigenvalue weighted by molar-refractivity contribution is -0.0952. The van der Waals surface area contributed by atoms with E-state index in [1.54, 1.807) is 0 Å². The summed E-state index contributed by atoms with van der Waals surface area (Å²) in [5.41, 5.74) is 4.73. The van der Waals surface area contributed by atoms with Crippen molar-refractivity contribution in [2.24, 2.45) is 32.5 Å². The molecule has 10 N–H and O–H groups in total. The van der Waals surface area contributed by atoms with E-state index in [9.17, 15) is 0 Å². The Bertz CT molecular complexity index is 1280. The molecular formula is C82H174N10O. The third-order valence-corrected chi connectivity index (χ3v) is 21.9. The Hall–Kier alpha value is -0.440. The molecule has 93 heavy (non-hydrogen) atoms. The predicted octanol–water partition coefficient (Wildman–Crippen LogP) is 18.5. The summed E-state index contributed by atoms with van der Waals surface area (Å²) < 4.78 is 5.87. The Kier molecular flexibility index (Phi) is 56.7. The highest BCUT2D eigenvalue weighted by atomic mass is 16.5. The minimum absolute atomic E-state index is 0.295. The summed E-state index contributed by atoms with van der Waals surface area (Å²) in [4.78, 5) is 0. The van der Waals surface area contributed by atoms with Crippen LogP contribution < -0.4 is 53.2 Å². The molecule has 0 bridgehead atoms. The predicted molar refractivity (Wildman–Crippen MR) is 416 cm³/mol. The molecule has 3 saturated carbocycles. The van der Waals surface area contributed by atoms with Crippen LogP contribution in [0.25, 0.3) is 0 Å². The fourth-order valence-electron chi connectivity index (χ4n) is 16.4. The largest absolute Gasteiger partial charge is 0.375 e. The Morgan fingerprint density at radius 3 is 0.667 bits per heavy atom. The first-order valence-corrected chi connectivity index (χ1v) is 42.0. The molecule has 11 aliphatic heterocycles. The standard InChI is InChI=1S/2C10H19N.C9H17NO.C9H17N.2C8H16N2.C7H14N2.7C3H8/c1-2-5-10(6-3-1)7-4-8-11-9-10;1-2-4-10(5-3-1)6-8-11-9-7-10;1-2-8-11-9(3-1)4-6-10-7-5-9;1-2-4-9(3-1)5-7-10-8-6-9;1-4-9-5-2-8(1)3-6-10-7-8;1-2-8(6-9-4-1)3-5-10-7-8;1-3-8-4-2-7(1)5-9-6-7;7*1-3-2/h2*11H,1-9H2;10H,1-8H2;10H,1-8H2;2*9-10H,1-7H2;8-9H,1-6H2;7*3H2,1-2H3. The molecule has 14 fully saturated rings. The molecule has 11 saturated heterocycles. The fraction of sp³-hybridized carbons (Fsp3) is 1.00. The third-order valence-electron chi connectivity index (χ3n) is 21.9. The zero-order valence-electron chi connectivity index (χ0n) is 66.0. The highest BCUT2D eigenvalue weighted by Crippen LogP contribution is 2.46. The van der Waals surface area contributed by atoms with Crippen molar-refractivity contribution in [2.75, 3.05) is 138 Å². The number of nitrogens with one attached hydrogen (secondary N) is 10. The maximum atomic E-state index is 5.87. The molecule has 0 aromatic rings. The van der Waals surface area contributed by atoms with Crippen LogP contribution in [0.3, 0.4) is 0 Å². The van der Waals surface area contributed by atoms with Crippen LogP contribution in [0.1, 0.15) is 354 Å². The van der Waals surface area contributed by atoms with Crippen molar-refractivity contribution in [2.45, 2.75) is 359 Å². The fourth-order valence-corrected chi connectivity index (χ4v) is 16.4. The van der Waals surface area contributed by atoms with E-state index in [1.165, 1.54) is 375 Å². The number of piperidine rings is 7. The zero-order valence-corrected chi connectivity index (χ0v) is 66.0. The first-order chi connectivity index (χ1) is 45.3. The van der Waals surface area contributed by atoms with Crippen molar-refractivity contribution in [3.8, 4) is 0 Å². The van der Waals surface area contributed by atoms with Gasteiger partial charge in [-0.1, -0.05) is 193 Å². The maximum Gasteiger partial charge on any atom is 0.0706 e. The highest BCUT2D eigenvalue weighted by Gasteiger charge is 2.40. The van der Waals surface area contributed by atoms with Gasteiger partial charge < -0.3 is 57.9 Å². The van der Waals surface area contributed by atoms with E-state index in [0.29, 0.717) is 16.4 Å². The summed E-state index contributed by atoms with van der Waals surface area (Å²) in [6.07, 6.45) is 56.1. The van der Waals surface area contributed by atoms with E-state index in [-0.39, 0.29) is 0 Å². The van der Waals surface area contributed by atoms with Crippen molar-refractivity contribution in [3.05, 3.63) is 0 Å². The van der Waals surface area contributed by atoms with Gasteiger partial charge in [0.2, 0.25) is 0 Å². The van der Waals surface area contributed by atoms with Gasteiger partial charge in [0.25, 0.3) is 0 Å². The van der Waals surface area contributed by atoms with Gasteiger partial charge in [-0.25, -0.2) is 0 Å².